The molecule has 24 heavy (non-hydrogen) atoms. The van der Waals surface area contributed by atoms with E-state index in [0.29, 0.717) is 5.52 Å². The predicted molar refractivity (Wildman–Crippen MR) is 97.4 cm³/mol. The number of hydrogen-bond acceptors (Lipinski definition) is 5. The molecule has 0 saturated heterocycles. The molecule has 0 amide bonds. The molecule has 0 aliphatic rings. The first-order chi connectivity index (χ1) is 11.7. The van der Waals surface area contributed by atoms with Crippen LogP contribution in [0.25, 0.3) is 10.2 Å². The van der Waals surface area contributed by atoms with E-state index in [1.54, 1.807) is 13.2 Å². The van der Waals surface area contributed by atoms with Crippen molar-refractivity contribution in [1.82, 2.24) is 10.3 Å². The molecule has 0 aliphatic carbocycles. The van der Waals surface area contributed by atoms with Crippen molar-refractivity contribution >= 4 is 21.6 Å². The average Bonchev–Trinajstić information content (AvgIpc) is 2.99. The number of aromatic nitrogens is 1. The van der Waals surface area contributed by atoms with Gasteiger partial charge in [0.25, 0.3) is 0 Å². The quantitative estimate of drug-likeness (QED) is 0.576. The molecule has 5 nitrogen and oxygen atoms in total. The third kappa shape index (κ3) is 3.77. The molecule has 1 heterocycles. The van der Waals surface area contributed by atoms with Crippen LogP contribution < -0.4 is 14.9 Å². The summed E-state index contributed by atoms with van der Waals surface area (Å²) in [6, 6.07) is 11.6. The number of thiazole rings is 1. The molecular weight excluding hydrogens is 324 g/mol. The third-order valence-electron chi connectivity index (χ3n) is 3.96. The fourth-order valence-electron chi connectivity index (χ4n) is 2.64. The van der Waals surface area contributed by atoms with Crippen molar-refractivity contribution < 1.29 is 9.84 Å². The highest BCUT2D eigenvalue weighted by Gasteiger charge is 2.09. The van der Waals surface area contributed by atoms with Gasteiger partial charge in [-0.1, -0.05) is 29.5 Å². The van der Waals surface area contributed by atoms with E-state index in [9.17, 15) is 9.90 Å². The second-order valence-corrected chi connectivity index (χ2v) is 6.54. The molecule has 0 spiro atoms. The number of aromatic amines is 1. The van der Waals surface area contributed by atoms with Gasteiger partial charge in [-0.05, 0) is 55.3 Å². The largest absolute Gasteiger partial charge is 0.506 e. The monoisotopic (exact) mass is 344 g/mol. The van der Waals surface area contributed by atoms with E-state index >= 15 is 0 Å². The lowest BCUT2D eigenvalue weighted by Crippen LogP contribution is -2.20. The molecule has 1 aromatic heterocycles. The minimum absolute atomic E-state index is 0.125. The normalized spacial score (nSPS) is 11.0. The highest BCUT2D eigenvalue weighted by Crippen LogP contribution is 2.27. The molecule has 3 N–H and O–H groups in total. The molecule has 0 unspecified atom stereocenters. The minimum atomic E-state index is -0.139. The third-order valence-corrected chi connectivity index (χ3v) is 4.92. The Kier molecular flexibility index (Phi) is 5.17. The van der Waals surface area contributed by atoms with Crippen LogP contribution in [0.1, 0.15) is 11.1 Å². The molecule has 0 bridgehead atoms. The molecule has 3 aromatic rings. The molecule has 0 aliphatic heterocycles. The maximum atomic E-state index is 11.5. The van der Waals surface area contributed by atoms with Crippen LogP contribution in [0.3, 0.4) is 0 Å². The zero-order valence-electron chi connectivity index (χ0n) is 13.5. The number of rotatable bonds is 7. The Bertz CT molecular complexity index is 868. The SMILES string of the molecule is COc1ccc(CCNCCc2ccc(O)c3[nH]c(=O)sc23)cc1. The van der Waals surface area contributed by atoms with Crippen LogP contribution >= 0.6 is 11.3 Å². The Morgan fingerprint density at radius 3 is 2.62 bits per heavy atom. The summed E-state index contributed by atoms with van der Waals surface area (Å²) in [6.45, 7) is 1.71. The van der Waals surface area contributed by atoms with Crippen molar-refractivity contribution in [3.8, 4) is 11.5 Å². The fourth-order valence-corrected chi connectivity index (χ4v) is 3.54. The molecule has 0 saturated carbocycles. The lowest BCUT2D eigenvalue weighted by molar-refractivity contribution is 0.414. The summed E-state index contributed by atoms with van der Waals surface area (Å²) < 4.78 is 5.99. The number of hydrogen-bond donors (Lipinski definition) is 3. The Hall–Kier alpha value is -2.31. The van der Waals surface area contributed by atoms with E-state index in [0.717, 1.165) is 53.3 Å². The highest BCUT2D eigenvalue weighted by molar-refractivity contribution is 7.16. The first kappa shape index (κ1) is 16.5. The second-order valence-electron chi connectivity index (χ2n) is 5.56. The summed E-state index contributed by atoms with van der Waals surface area (Å²) in [6.07, 6.45) is 1.76. The zero-order valence-corrected chi connectivity index (χ0v) is 14.3. The Labute approximate surface area is 143 Å². The number of phenols is 1. The van der Waals surface area contributed by atoms with Gasteiger partial charge in [-0.3, -0.25) is 4.79 Å². The lowest BCUT2D eigenvalue weighted by atomic mass is 10.1. The number of phenolic OH excluding ortho intramolecular Hbond substituents is 1. The number of ether oxygens (including phenoxy) is 1. The molecule has 6 heteroatoms. The van der Waals surface area contributed by atoms with E-state index in [4.69, 9.17) is 4.74 Å². The van der Waals surface area contributed by atoms with Gasteiger partial charge >= 0.3 is 4.87 Å². The number of aromatic hydroxyl groups is 1. The number of H-pyrrole nitrogens is 1. The second kappa shape index (κ2) is 7.51. The van der Waals surface area contributed by atoms with Crippen molar-refractivity contribution in [3.05, 3.63) is 57.2 Å². The minimum Gasteiger partial charge on any atom is -0.506 e. The van der Waals surface area contributed by atoms with Gasteiger partial charge < -0.3 is 20.1 Å². The van der Waals surface area contributed by atoms with Crippen LogP contribution in [0.5, 0.6) is 11.5 Å². The van der Waals surface area contributed by atoms with Gasteiger partial charge in [-0.15, -0.1) is 0 Å². The van der Waals surface area contributed by atoms with E-state index in [2.05, 4.69) is 22.4 Å². The van der Waals surface area contributed by atoms with E-state index in [1.807, 2.05) is 18.2 Å². The first-order valence-electron chi connectivity index (χ1n) is 7.84. The van der Waals surface area contributed by atoms with E-state index < -0.39 is 0 Å². The summed E-state index contributed by atoms with van der Waals surface area (Å²) in [5.41, 5.74) is 2.88. The Morgan fingerprint density at radius 2 is 1.88 bits per heavy atom. The van der Waals surface area contributed by atoms with Crippen molar-refractivity contribution in [1.29, 1.82) is 0 Å². The predicted octanol–water partition coefficient (Wildman–Crippen LogP) is 2.68. The smallest absolute Gasteiger partial charge is 0.305 e. The van der Waals surface area contributed by atoms with Crippen molar-refractivity contribution in [2.45, 2.75) is 12.8 Å². The maximum Gasteiger partial charge on any atom is 0.305 e. The number of methoxy groups -OCH3 is 1. The summed E-state index contributed by atoms with van der Waals surface area (Å²) in [4.78, 5) is 14.0. The lowest BCUT2D eigenvalue weighted by Gasteiger charge is -2.07. The first-order valence-corrected chi connectivity index (χ1v) is 8.66. The summed E-state index contributed by atoms with van der Waals surface area (Å²) in [5.74, 6) is 0.994. The van der Waals surface area contributed by atoms with Crippen LogP contribution in [-0.4, -0.2) is 30.3 Å². The van der Waals surface area contributed by atoms with Crippen LogP contribution in [0, 0.1) is 0 Å². The van der Waals surface area contributed by atoms with Gasteiger partial charge in [0.05, 0.1) is 11.8 Å². The van der Waals surface area contributed by atoms with Crippen LogP contribution in [0.15, 0.2) is 41.2 Å². The van der Waals surface area contributed by atoms with Crippen molar-refractivity contribution in [2.75, 3.05) is 20.2 Å². The summed E-state index contributed by atoms with van der Waals surface area (Å²) >= 11 is 1.15. The standard InChI is InChI=1S/C18H20N2O3S/c1-23-14-5-2-12(3-6-14)8-10-19-11-9-13-4-7-15(21)16-17(13)24-18(22)20-16/h2-7,19,21H,8-11H2,1H3,(H,20,22). The maximum absolute atomic E-state index is 11.5. The summed E-state index contributed by atoms with van der Waals surface area (Å²) in [7, 11) is 1.66. The average molecular weight is 344 g/mol. The zero-order chi connectivity index (χ0) is 16.9. The Balaban J connectivity index is 1.51. The topological polar surface area (TPSA) is 74.3 Å². The summed E-state index contributed by atoms with van der Waals surface area (Å²) in [5, 5.41) is 13.2. The molecule has 2 aromatic carbocycles. The van der Waals surface area contributed by atoms with Gasteiger partial charge in [0.1, 0.15) is 17.0 Å². The number of fused-ring (bicyclic) bond motifs is 1. The van der Waals surface area contributed by atoms with Crippen LogP contribution in [-0.2, 0) is 12.8 Å². The van der Waals surface area contributed by atoms with E-state index in [1.165, 1.54) is 5.56 Å². The van der Waals surface area contributed by atoms with Gasteiger partial charge in [0, 0.05) is 0 Å². The molecule has 0 atom stereocenters. The molecule has 0 radical (unpaired) electrons. The molecule has 3 rings (SSSR count). The van der Waals surface area contributed by atoms with Gasteiger partial charge in [-0.2, -0.15) is 0 Å². The number of nitrogens with one attached hydrogen (secondary N) is 2. The molecular formula is C18H20N2O3S. The van der Waals surface area contributed by atoms with Gasteiger partial charge in [0.2, 0.25) is 0 Å². The van der Waals surface area contributed by atoms with Crippen molar-refractivity contribution in [2.24, 2.45) is 0 Å². The molecule has 0 fully saturated rings. The highest BCUT2D eigenvalue weighted by atomic mass is 32.1. The number of benzene rings is 2. The van der Waals surface area contributed by atoms with Crippen molar-refractivity contribution in [3.63, 3.8) is 0 Å². The van der Waals surface area contributed by atoms with E-state index in [-0.39, 0.29) is 10.6 Å². The van der Waals surface area contributed by atoms with Crippen LogP contribution in [0.2, 0.25) is 0 Å². The van der Waals surface area contributed by atoms with Gasteiger partial charge in [0.15, 0.2) is 0 Å². The molecule has 126 valence electrons. The van der Waals surface area contributed by atoms with Gasteiger partial charge in [-0.25, -0.2) is 0 Å². The fraction of sp³-hybridized carbons (Fsp3) is 0.278. The Morgan fingerprint density at radius 1 is 1.12 bits per heavy atom. The van der Waals surface area contributed by atoms with Crippen LogP contribution in [0.4, 0.5) is 0 Å².